The van der Waals surface area contributed by atoms with Gasteiger partial charge in [-0.2, -0.15) is 0 Å². The summed E-state index contributed by atoms with van der Waals surface area (Å²) in [5.41, 5.74) is 13.6. The van der Waals surface area contributed by atoms with Gasteiger partial charge in [0.1, 0.15) is 0 Å². The van der Waals surface area contributed by atoms with E-state index >= 15 is 0 Å². The number of nitrogens with zero attached hydrogens (tertiary/aromatic N) is 7. The van der Waals surface area contributed by atoms with E-state index in [-0.39, 0.29) is 0 Å². The van der Waals surface area contributed by atoms with Crippen LogP contribution in [-0.2, 0) is 0 Å². The van der Waals surface area contributed by atoms with E-state index in [1.807, 2.05) is 85.5 Å². The zero-order valence-electron chi connectivity index (χ0n) is 33.3. The number of para-hydroxylation sites is 2. The maximum Gasteiger partial charge on any atom is 0.164 e. The summed E-state index contributed by atoms with van der Waals surface area (Å²) < 4.78 is 4.75. The Kier molecular flexibility index (Phi) is 8.35. The molecular weight excluding hydrogens is 759 g/mol. The van der Waals surface area contributed by atoms with Gasteiger partial charge in [-0.25, -0.2) is 15.0 Å². The molecule has 7 nitrogen and oxygen atoms in total. The van der Waals surface area contributed by atoms with Crippen molar-refractivity contribution in [3.05, 3.63) is 213 Å². The summed E-state index contributed by atoms with van der Waals surface area (Å²) in [6, 6.07) is 66.1. The maximum atomic E-state index is 5.23. The van der Waals surface area contributed by atoms with Gasteiger partial charge in [0, 0.05) is 74.4 Å². The van der Waals surface area contributed by atoms with Crippen LogP contribution in [0.15, 0.2) is 213 Å². The molecule has 0 spiro atoms. The monoisotopic (exact) mass is 793 g/mol. The predicted molar refractivity (Wildman–Crippen MR) is 251 cm³/mol. The van der Waals surface area contributed by atoms with Crippen LogP contribution in [0.4, 0.5) is 0 Å². The predicted octanol–water partition coefficient (Wildman–Crippen LogP) is 13.2. The van der Waals surface area contributed by atoms with Crippen molar-refractivity contribution in [2.45, 2.75) is 0 Å². The molecule has 0 atom stereocenters. The number of aromatic nitrogens is 7. The van der Waals surface area contributed by atoms with Crippen LogP contribution in [0, 0.1) is 0 Å². The molecule has 0 fully saturated rings. The summed E-state index contributed by atoms with van der Waals surface area (Å²) in [5, 5.41) is 4.67. The van der Waals surface area contributed by atoms with E-state index in [1.165, 1.54) is 21.5 Å². The van der Waals surface area contributed by atoms with Gasteiger partial charge in [0.15, 0.2) is 17.5 Å². The second-order valence-corrected chi connectivity index (χ2v) is 15.4. The fraction of sp³-hybridized carbons (Fsp3) is 0. The van der Waals surface area contributed by atoms with Crippen LogP contribution in [0.25, 0.3) is 111 Å². The highest BCUT2D eigenvalue weighted by molar-refractivity contribution is 6.12. The zero-order chi connectivity index (χ0) is 41.0. The summed E-state index contributed by atoms with van der Waals surface area (Å²) >= 11 is 0. The van der Waals surface area contributed by atoms with Crippen molar-refractivity contribution >= 4 is 43.6 Å². The van der Waals surface area contributed by atoms with Crippen molar-refractivity contribution in [1.82, 2.24) is 34.1 Å². The topological polar surface area (TPSA) is 74.3 Å². The van der Waals surface area contributed by atoms with E-state index in [0.29, 0.717) is 17.5 Å². The SMILES string of the molecule is c1ccc(-c2nc(-c3ccccc3)nc(-c3cc(-n4c5ccccc5c5cc(-c6ccncc6)ccc54)cc(-n4c5ccccc5c5cc(-c6ccncc6)ccc54)c3)n2)cc1. The lowest BCUT2D eigenvalue weighted by Crippen LogP contribution is -2.03. The Labute approximate surface area is 356 Å². The molecule has 0 aliphatic heterocycles. The van der Waals surface area contributed by atoms with Crippen molar-refractivity contribution < 1.29 is 0 Å². The number of rotatable bonds is 7. The lowest BCUT2D eigenvalue weighted by atomic mass is 10.0. The third kappa shape index (κ3) is 6.02. The first-order valence-corrected chi connectivity index (χ1v) is 20.6. The van der Waals surface area contributed by atoms with Crippen molar-refractivity contribution in [3.63, 3.8) is 0 Å². The molecule has 0 saturated carbocycles. The van der Waals surface area contributed by atoms with Gasteiger partial charge in [-0.3, -0.25) is 9.97 Å². The minimum Gasteiger partial charge on any atom is -0.309 e. The van der Waals surface area contributed by atoms with Crippen LogP contribution in [0.2, 0.25) is 0 Å². The number of hydrogen-bond donors (Lipinski definition) is 0. The molecule has 290 valence electrons. The maximum absolute atomic E-state index is 5.23. The third-order valence-corrected chi connectivity index (χ3v) is 11.7. The van der Waals surface area contributed by atoms with Crippen LogP contribution in [0.5, 0.6) is 0 Å². The highest BCUT2D eigenvalue weighted by Crippen LogP contribution is 2.40. The van der Waals surface area contributed by atoms with Gasteiger partial charge in [-0.15, -0.1) is 0 Å². The van der Waals surface area contributed by atoms with Crippen LogP contribution in [0.3, 0.4) is 0 Å². The lowest BCUT2D eigenvalue weighted by molar-refractivity contribution is 1.07. The van der Waals surface area contributed by atoms with Gasteiger partial charge in [0.05, 0.1) is 22.1 Å². The smallest absolute Gasteiger partial charge is 0.164 e. The number of pyridine rings is 2. The first kappa shape index (κ1) is 35.4. The van der Waals surface area contributed by atoms with Gasteiger partial charge < -0.3 is 9.13 Å². The average molecular weight is 794 g/mol. The number of benzene rings is 7. The molecule has 7 aromatic carbocycles. The quantitative estimate of drug-likeness (QED) is 0.161. The second kappa shape index (κ2) is 14.6. The fourth-order valence-corrected chi connectivity index (χ4v) is 8.87. The van der Waals surface area contributed by atoms with E-state index in [2.05, 4.69) is 146 Å². The molecule has 5 aromatic heterocycles. The number of hydrogen-bond acceptors (Lipinski definition) is 5. The van der Waals surface area contributed by atoms with Gasteiger partial charge in [0.25, 0.3) is 0 Å². The Morgan fingerprint density at radius 1 is 0.258 bits per heavy atom. The van der Waals surface area contributed by atoms with E-state index in [0.717, 1.165) is 72.4 Å². The summed E-state index contributed by atoms with van der Waals surface area (Å²) in [6.07, 6.45) is 7.38. The first-order chi connectivity index (χ1) is 30.7. The van der Waals surface area contributed by atoms with Crippen molar-refractivity contribution in [1.29, 1.82) is 0 Å². The van der Waals surface area contributed by atoms with Crippen LogP contribution in [0.1, 0.15) is 0 Å². The molecule has 0 bridgehead atoms. The van der Waals surface area contributed by atoms with E-state index < -0.39 is 0 Å². The minimum atomic E-state index is 0.585. The van der Waals surface area contributed by atoms with Crippen molar-refractivity contribution in [3.8, 4) is 67.8 Å². The summed E-state index contributed by atoms with van der Waals surface area (Å²) in [5.74, 6) is 1.81. The number of fused-ring (bicyclic) bond motifs is 6. The van der Waals surface area contributed by atoms with Crippen LogP contribution < -0.4 is 0 Å². The van der Waals surface area contributed by atoms with Crippen LogP contribution in [-0.4, -0.2) is 34.1 Å². The Hall–Kier alpha value is -8.55. The fourth-order valence-electron chi connectivity index (χ4n) is 8.87. The Balaban J connectivity index is 1.15. The average Bonchev–Trinajstić information content (AvgIpc) is 3.87. The molecular formula is C55H35N7. The summed E-state index contributed by atoms with van der Waals surface area (Å²) in [7, 11) is 0. The Morgan fingerprint density at radius 2 is 0.645 bits per heavy atom. The molecule has 0 saturated heterocycles. The molecule has 0 amide bonds. The molecule has 12 rings (SSSR count). The van der Waals surface area contributed by atoms with Gasteiger partial charge in [0.2, 0.25) is 0 Å². The van der Waals surface area contributed by atoms with E-state index in [9.17, 15) is 0 Å². The van der Waals surface area contributed by atoms with Gasteiger partial charge in [-0.05, 0) is 101 Å². The highest BCUT2D eigenvalue weighted by Gasteiger charge is 2.20. The highest BCUT2D eigenvalue weighted by atomic mass is 15.0. The van der Waals surface area contributed by atoms with Crippen molar-refractivity contribution in [2.75, 3.05) is 0 Å². The Bertz CT molecular complexity index is 3380. The molecule has 7 heteroatoms. The van der Waals surface area contributed by atoms with Gasteiger partial charge in [-0.1, -0.05) is 109 Å². The first-order valence-electron chi connectivity index (χ1n) is 20.6. The molecule has 62 heavy (non-hydrogen) atoms. The molecule has 12 aromatic rings. The van der Waals surface area contributed by atoms with E-state index in [4.69, 9.17) is 15.0 Å². The zero-order valence-corrected chi connectivity index (χ0v) is 33.3. The lowest BCUT2D eigenvalue weighted by Gasteiger charge is -2.16. The van der Waals surface area contributed by atoms with Crippen molar-refractivity contribution in [2.24, 2.45) is 0 Å². The standard InChI is InChI=1S/C55H35N7/c1-3-11-38(12-4-1)53-58-54(39-13-5-2-6-14-39)60-55(59-53)42-31-43(61-49-17-9-7-15-45(49)47-33-40(19-21-51(47)61)36-23-27-56-28-24-36)35-44(32-42)62-50-18-10-8-16-46(50)48-34-41(20-22-52(48)62)37-25-29-57-30-26-37/h1-35H. The summed E-state index contributed by atoms with van der Waals surface area (Å²) in [6.45, 7) is 0. The molecule has 0 N–H and O–H groups in total. The van der Waals surface area contributed by atoms with Gasteiger partial charge >= 0.3 is 0 Å². The largest absolute Gasteiger partial charge is 0.309 e. The molecule has 0 unspecified atom stereocenters. The third-order valence-electron chi connectivity index (χ3n) is 11.7. The van der Waals surface area contributed by atoms with E-state index in [1.54, 1.807) is 0 Å². The normalized spacial score (nSPS) is 11.5. The molecule has 5 heterocycles. The molecule has 0 radical (unpaired) electrons. The Morgan fingerprint density at radius 3 is 1.10 bits per heavy atom. The second-order valence-electron chi connectivity index (χ2n) is 15.4. The minimum absolute atomic E-state index is 0.585. The summed E-state index contributed by atoms with van der Waals surface area (Å²) in [4.78, 5) is 24.0. The molecule has 0 aliphatic carbocycles. The molecule has 0 aliphatic rings. The van der Waals surface area contributed by atoms with Crippen LogP contribution >= 0.6 is 0 Å².